The van der Waals surface area contributed by atoms with Gasteiger partial charge in [0.25, 0.3) is 0 Å². The Morgan fingerprint density at radius 1 is 0.711 bits per heavy atom. The quantitative estimate of drug-likeness (QED) is 0.0780. The van der Waals surface area contributed by atoms with E-state index in [2.05, 4.69) is 0 Å². The fraction of sp³-hybridized carbons (Fsp3) is 0.0667. The van der Waals surface area contributed by atoms with Crippen molar-refractivity contribution in [2.45, 2.75) is 18.7 Å². The topological polar surface area (TPSA) is 207 Å². The summed E-state index contributed by atoms with van der Waals surface area (Å²) in [6, 6.07) is 18.9. The van der Waals surface area contributed by atoms with Gasteiger partial charge in [-0.15, -0.1) is 0 Å². The summed E-state index contributed by atoms with van der Waals surface area (Å²) in [4.78, 5) is 22.4. The molecule has 0 aliphatic carbocycles. The molecular weight excluding hydrogens is 609 g/mol. The van der Waals surface area contributed by atoms with Crippen molar-refractivity contribution in [3.63, 3.8) is 0 Å². The van der Waals surface area contributed by atoms with E-state index in [1.54, 1.807) is 0 Å². The van der Waals surface area contributed by atoms with Crippen LogP contribution in [0.1, 0.15) is 25.0 Å². The molecule has 0 saturated heterocycles. The third kappa shape index (κ3) is 7.73. The van der Waals surface area contributed by atoms with E-state index in [0.29, 0.717) is 0 Å². The van der Waals surface area contributed by atoms with E-state index in [-0.39, 0.29) is 60.3 Å². The summed E-state index contributed by atoms with van der Waals surface area (Å²) in [5.74, 6) is -2.40. The summed E-state index contributed by atoms with van der Waals surface area (Å²) in [5.41, 5.74) is 0.511. The van der Waals surface area contributed by atoms with E-state index >= 15 is 0 Å². The summed E-state index contributed by atoms with van der Waals surface area (Å²) in [5, 5.41) is 41.1. The van der Waals surface area contributed by atoms with Crippen LogP contribution in [0.2, 0.25) is 0 Å². The van der Waals surface area contributed by atoms with Crippen LogP contribution in [0.3, 0.4) is 0 Å². The Balaban J connectivity index is 1.73. The molecule has 0 fully saturated rings. The molecule has 0 spiro atoms. The maximum atomic E-state index is 14.3. The Bertz CT molecular complexity index is 1820. The number of ether oxygens (including phenoxy) is 2. The van der Waals surface area contributed by atoms with E-state index in [9.17, 15) is 32.8 Å². The van der Waals surface area contributed by atoms with E-state index in [1.807, 2.05) is 0 Å². The first-order chi connectivity index (χ1) is 21.1. The second kappa shape index (κ2) is 13.0. The smallest absolute Gasteiger partial charge is 0.249 e. The molecule has 232 valence electrons. The lowest BCUT2D eigenvalue weighted by Crippen LogP contribution is -2.31. The van der Waals surface area contributed by atoms with Crippen LogP contribution >= 0.6 is 0 Å². The number of nitrogens with one attached hydrogen (secondary N) is 2. The number of carbonyl (C=O) groups excluding carboxylic acids is 2. The molecule has 4 rings (SSSR count). The van der Waals surface area contributed by atoms with Crippen molar-refractivity contribution >= 4 is 33.5 Å². The lowest BCUT2D eigenvalue weighted by molar-refractivity contribution is -0.147. The molecule has 0 atom stereocenters. The number of amidine groups is 2. The zero-order valence-electron chi connectivity index (χ0n) is 23.7. The molecule has 0 aliphatic rings. The lowest BCUT2D eigenvalue weighted by Gasteiger charge is -2.16. The lowest BCUT2D eigenvalue weighted by atomic mass is 10.0. The number of primary sulfonamides is 1. The van der Waals surface area contributed by atoms with Gasteiger partial charge in [0.1, 0.15) is 28.8 Å². The van der Waals surface area contributed by atoms with Crippen LogP contribution in [-0.4, -0.2) is 52.4 Å². The monoisotopic (exact) mass is 635 g/mol. The third-order valence-electron chi connectivity index (χ3n) is 6.19. The summed E-state index contributed by atoms with van der Waals surface area (Å²) >= 11 is 0. The molecule has 0 bridgehead atoms. The average molecular weight is 636 g/mol. The van der Waals surface area contributed by atoms with Gasteiger partial charge in [-0.1, -0.05) is 0 Å². The zero-order valence-corrected chi connectivity index (χ0v) is 24.5. The van der Waals surface area contributed by atoms with Crippen molar-refractivity contribution in [1.82, 2.24) is 10.1 Å². The molecule has 0 saturated carbocycles. The standard InChI is InChI=1S/C30H26FN5O8S/c1-17(37)35(39)29(32)19-3-8-23(9-4-19)43-25-13-21(27-15-22(31)7-12-28(27)45(34,41)42)14-26(16-25)44-24-10-5-20(6-11-24)30(33)36(40)18(2)38/h3-16,32-33,39-40H,1-2H3,(H2,34,41,42). The Hall–Kier alpha value is -5.48. The highest BCUT2D eigenvalue weighted by molar-refractivity contribution is 7.89. The molecule has 4 aromatic rings. The first-order valence-electron chi connectivity index (χ1n) is 12.8. The van der Waals surface area contributed by atoms with Gasteiger partial charge in [-0.3, -0.25) is 30.8 Å². The van der Waals surface area contributed by atoms with Crippen LogP contribution in [0, 0.1) is 16.6 Å². The predicted molar refractivity (Wildman–Crippen MR) is 159 cm³/mol. The Morgan fingerprint density at radius 2 is 1.13 bits per heavy atom. The van der Waals surface area contributed by atoms with Crippen LogP contribution in [0.5, 0.6) is 23.0 Å². The average Bonchev–Trinajstić information content (AvgIpc) is 2.99. The van der Waals surface area contributed by atoms with Gasteiger partial charge in [0.15, 0.2) is 11.7 Å². The van der Waals surface area contributed by atoms with E-state index in [0.717, 1.165) is 32.0 Å². The zero-order chi connectivity index (χ0) is 33.1. The van der Waals surface area contributed by atoms with Crippen molar-refractivity contribution in [1.29, 1.82) is 10.8 Å². The number of halogens is 1. The van der Waals surface area contributed by atoms with E-state index < -0.39 is 39.3 Å². The minimum Gasteiger partial charge on any atom is -0.457 e. The first-order valence-corrected chi connectivity index (χ1v) is 14.4. The molecule has 13 nitrogen and oxygen atoms in total. The largest absolute Gasteiger partial charge is 0.457 e. The van der Waals surface area contributed by atoms with Gasteiger partial charge in [0, 0.05) is 36.6 Å². The molecule has 0 aromatic heterocycles. The van der Waals surface area contributed by atoms with Gasteiger partial charge in [0.05, 0.1) is 4.90 Å². The number of rotatable bonds is 8. The summed E-state index contributed by atoms with van der Waals surface area (Å²) in [6.07, 6.45) is 0. The number of nitrogens with two attached hydrogens (primary N) is 1. The second-order valence-electron chi connectivity index (χ2n) is 9.49. The van der Waals surface area contributed by atoms with Gasteiger partial charge in [-0.25, -0.2) is 17.9 Å². The number of hydroxylamine groups is 4. The fourth-order valence-corrected chi connectivity index (χ4v) is 4.76. The molecule has 2 amide bonds. The van der Waals surface area contributed by atoms with Gasteiger partial charge >= 0.3 is 0 Å². The van der Waals surface area contributed by atoms with Gasteiger partial charge in [-0.05, 0) is 84.4 Å². The number of carbonyl (C=O) groups is 2. The molecular formula is C30H26FN5O8S. The normalized spacial score (nSPS) is 11.0. The second-order valence-corrected chi connectivity index (χ2v) is 11.0. The Kier molecular flexibility index (Phi) is 9.39. The predicted octanol–water partition coefficient (Wildman–Crippen LogP) is 4.85. The number of hydrogen-bond acceptors (Lipinski definition) is 10. The van der Waals surface area contributed by atoms with Crippen LogP contribution < -0.4 is 14.6 Å². The highest BCUT2D eigenvalue weighted by atomic mass is 32.2. The van der Waals surface area contributed by atoms with Gasteiger partial charge in [-0.2, -0.15) is 10.1 Å². The number of amides is 2. The number of benzene rings is 4. The van der Waals surface area contributed by atoms with Crippen molar-refractivity contribution < 1.29 is 42.3 Å². The third-order valence-corrected chi connectivity index (χ3v) is 7.16. The molecule has 6 N–H and O–H groups in total. The van der Waals surface area contributed by atoms with Crippen molar-refractivity contribution in [3.8, 4) is 34.1 Å². The van der Waals surface area contributed by atoms with Crippen molar-refractivity contribution in [3.05, 3.63) is 102 Å². The van der Waals surface area contributed by atoms with Crippen LogP contribution in [0.25, 0.3) is 11.1 Å². The van der Waals surface area contributed by atoms with Crippen molar-refractivity contribution in [2.75, 3.05) is 0 Å². The Labute approximate surface area is 256 Å². The number of sulfonamides is 1. The molecule has 0 aliphatic heterocycles. The minimum atomic E-state index is -4.28. The van der Waals surface area contributed by atoms with Gasteiger partial charge in [0.2, 0.25) is 21.8 Å². The molecule has 0 unspecified atom stereocenters. The van der Waals surface area contributed by atoms with Gasteiger partial charge < -0.3 is 9.47 Å². The molecule has 45 heavy (non-hydrogen) atoms. The maximum Gasteiger partial charge on any atom is 0.249 e. The number of hydrogen-bond donors (Lipinski definition) is 5. The van der Waals surface area contributed by atoms with Crippen LogP contribution in [-0.2, 0) is 19.6 Å². The fourth-order valence-electron chi connectivity index (χ4n) is 4.01. The molecule has 0 radical (unpaired) electrons. The molecule has 4 aromatic carbocycles. The molecule has 0 heterocycles. The van der Waals surface area contributed by atoms with Crippen LogP contribution in [0.15, 0.2) is 89.8 Å². The summed E-state index contributed by atoms with van der Waals surface area (Å²) in [6.45, 7) is 2.18. The highest BCUT2D eigenvalue weighted by Gasteiger charge is 2.19. The number of nitrogens with zero attached hydrogens (tertiary/aromatic N) is 2. The van der Waals surface area contributed by atoms with E-state index in [4.69, 9.17) is 25.4 Å². The highest BCUT2D eigenvalue weighted by Crippen LogP contribution is 2.37. The van der Waals surface area contributed by atoms with E-state index in [1.165, 1.54) is 66.7 Å². The summed E-state index contributed by atoms with van der Waals surface area (Å²) in [7, 11) is -4.28. The van der Waals surface area contributed by atoms with Crippen molar-refractivity contribution in [2.24, 2.45) is 5.14 Å². The SMILES string of the molecule is CC(=O)N(O)C(=N)c1ccc(Oc2cc(Oc3ccc(C(=N)N(O)C(C)=O)cc3)cc(-c3cc(F)ccc3S(N)(=O)=O)c2)cc1. The minimum absolute atomic E-state index is 0.0695. The molecule has 15 heteroatoms. The van der Waals surface area contributed by atoms with Crippen LogP contribution in [0.4, 0.5) is 4.39 Å². The maximum absolute atomic E-state index is 14.3. The first kappa shape index (κ1) is 32.4. The Morgan fingerprint density at radius 3 is 1.51 bits per heavy atom. The summed E-state index contributed by atoms with van der Waals surface area (Å²) < 4.78 is 50.9.